The van der Waals surface area contributed by atoms with E-state index in [0.717, 1.165) is 18.9 Å². The lowest BCUT2D eigenvalue weighted by Gasteiger charge is -2.09. The summed E-state index contributed by atoms with van der Waals surface area (Å²) in [6.45, 7) is 2.16. The summed E-state index contributed by atoms with van der Waals surface area (Å²) in [5, 5.41) is 8.09. The van der Waals surface area contributed by atoms with Crippen LogP contribution in [0.5, 0.6) is 0 Å². The van der Waals surface area contributed by atoms with Gasteiger partial charge in [-0.25, -0.2) is 0 Å². The molecule has 0 saturated carbocycles. The maximum atomic E-state index is 4.46. The zero-order valence-electron chi connectivity index (χ0n) is 8.77. The van der Waals surface area contributed by atoms with Crippen molar-refractivity contribution in [3.63, 3.8) is 0 Å². The third kappa shape index (κ3) is 2.14. The molecule has 0 radical (unpaired) electrons. The maximum absolute atomic E-state index is 4.46. The van der Waals surface area contributed by atoms with Crippen LogP contribution in [0.4, 0.5) is 5.82 Å². The van der Waals surface area contributed by atoms with Gasteiger partial charge in [0.2, 0.25) is 0 Å². The first-order valence-electron chi connectivity index (χ1n) is 5.25. The summed E-state index contributed by atoms with van der Waals surface area (Å²) in [5.74, 6) is 1.05. The standard InChI is InChI=1S/C11H13N3S.ClH/c1-2-4-10-9(3-1)11(14-15-10)13-8-5-6-12-7-8;/h1-4,8,12H,5-7H2,(H,13,14);1H. The minimum absolute atomic E-state index is 0. The molecule has 2 N–H and O–H groups in total. The quantitative estimate of drug-likeness (QED) is 0.866. The van der Waals surface area contributed by atoms with Crippen LogP contribution in [0.1, 0.15) is 6.42 Å². The molecule has 1 aromatic carbocycles. The van der Waals surface area contributed by atoms with E-state index in [-0.39, 0.29) is 12.4 Å². The highest BCUT2D eigenvalue weighted by molar-refractivity contribution is 7.13. The molecule has 2 aromatic rings. The predicted octanol–water partition coefficient (Wildman–Crippen LogP) is 2.49. The average molecular weight is 256 g/mol. The lowest BCUT2D eigenvalue weighted by molar-refractivity contribution is 0.791. The van der Waals surface area contributed by atoms with Gasteiger partial charge in [0.1, 0.15) is 5.82 Å². The second kappa shape index (κ2) is 4.99. The van der Waals surface area contributed by atoms with Crippen molar-refractivity contribution in [2.24, 2.45) is 0 Å². The molecule has 1 unspecified atom stereocenters. The monoisotopic (exact) mass is 255 g/mol. The Kier molecular flexibility index (Phi) is 3.63. The van der Waals surface area contributed by atoms with Crippen molar-refractivity contribution in [2.45, 2.75) is 12.5 Å². The van der Waals surface area contributed by atoms with E-state index in [1.807, 2.05) is 0 Å². The van der Waals surface area contributed by atoms with Crippen molar-refractivity contribution in [3.05, 3.63) is 24.3 Å². The number of aromatic nitrogens is 1. The van der Waals surface area contributed by atoms with Crippen LogP contribution in [-0.4, -0.2) is 23.5 Å². The van der Waals surface area contributed by atoms with Gasteiger partial charge in [-0.15, -0.1) is 12.4 Å². The topological polar surface area (TPSA) is 37.0 Å². The van der Waals surface area contributed by atoms with Crippen LogP contribution in [0.3, 0.4) is 0 Å². The molecule has 1 atom stereocenters. The molecule has 1 saturated heterocycles. The molecule has 16 heavy (non-hydrogen) atoms. The Morgan fingerprint density at radius 1 is 1.38 bits per heavy atom. The minimum atomic E-state index is 0. The number of nitrogens with zero attached hydrogens (tertiary/aromatic N) is 1. The second-order valence-corrected chi connectivity index (χ2v) is 4.67. The Morgan fingerprint density at radius 2 is 2.25 bits per heavy atom. The van der Waals surface area contributed by atoms with Gasteiger partial charge in [0.15, 0.2) is 0 Å². The summed E-state index contributed by atoms with van der Waals surface area (Å²) < 4.78 is 5.72. The van der Waals surface area contributed by atoms with E-state index in [1.165, 1.54) is 16.5 Å². The van der Waals surface area contributed by atoms with E-state index in [9.17, 15) is 0 Å². The summed E-state index contributed by atoms with van der Waals surface area (Å²) in [5.41, 5.74) is 0. The van der Waals surface area contributed by atoms with E-state index < -0.39 is 0 Å². The summed E-state index contributed by atoms with van der Waals surface area (Å²) in [4.78, 5) is 0. The van der Waals surface area contributed by atoms with E-state index >= 15 is 0 Å². The van der Waals surface area contributed by atoms with Crippen LogP contribution in [0.2, 0.25) is 0 Å². The van der Waals surface area contributed by atoms with Crippen LogP contribution in [0, 0.1) is 0 Å². The Bertz CT molecular complexity index is 465. The molecule has 3 nitrogen and oxygen atoms in total. The SMILES string of the molecule is Cl.c1ccc2c(NC3CCNC3)nsc2c1. The third-order valence-electron chi connectivity index (χ3n) is 2.78. The number of hydrogen-bond acceptors (Lipinski definition) is 4. The van der Waals surface area contributed by atoms with Gasteiger partial charge in [-0.1, -0.05) is 12.1 Å². The Balaban J connectivity index is 0.000000963. The van der Waals surface area contributed by atoms with E-state index in [2.05, 4.69) is 39.3 Å². The summed E-state index contributed by atoms with van der Waals surface area (Å²) in [6.07, 6.45) is 1.19. The van der Waals surface area contributed by atoms with Gasteiger partial charge in [0.05, 0.1) is 4.70 Å². The smallest absolute Gasteiger partial charge is 0.147 e. The molecular formula is C11H14ClN3S. The number of halogens is 1. The summed E-state index contributed by atoms with van der Waals surface area (Å²) >= 11 is 1.56. The molecule has 3 rings (SSSR count). The molecule has 1 aliphatic heterocycles. The number of hydrogen-bond donors (Lipinski definition) is 2. The molecule has 0 aliphatic carbocycles. The van der Waals surface area contributed by atoms with Gasteiger partial charge in [-0.3, -0.25) is 0 Å². The number of nitrogens with one attached hydrogen (secondary N) is 2. The van der Waals surface area contributed by atoms with Crippen LogP contribution < -0.4 is 10.6 Å². The fourth-order valence-corrected chi connectivity index (χ4v) is 2.70. The van der Waals surface area contributed by atoms with E-state index in [0.29, 0.717) is 6.04 Å². The molecule has 1 aliphatic rings. The van der Waals surface area contributed by atoms with Gasteiger partial charge in [-0.2, -0.15) is 4.37 Å². The molecule has 1 fully saturated rings. The summed E-state index contributed by atoms with van der Waals surface area (Å²) in [6, 6.07) is 8.90. The molecule has 0 amide bonds. The van der Waals surface area contributed by atoms with Gasteiger partial charge < -0.3 is 10.6 Å². The largest absolute Gasteiger partial charge is 0.365 e. The van der Waals surface area contributed by atoms with Crippen molar-refractivity contribution >= 4 is 39.8 Å². The predicted molar refractivity (Wildman–Crippen MR) is 71.8 cm³/mol. The van der Waals surface area contributed by atoms with Crippen molar-refractivity contribution in [2.75, 3.05) is 18.4 Å². The van der Waals surface area contributed by atoms with Crippen molar-refractivity contribution in [1.29, 1.82) is 0 Å². The molecule has 5 heteroatoms. The zero-order chi connectivity index (χ0) is 10.1. The van der Waals surface area contributed by atoms with Gasteiger partial charge >= 0.3 is 0 Å². The highest BCUT2D eigenvalue weighted by Crippen LogP contribution is 2.27. The van der Waals surface area contributed by atoms with Gasteiger partial charge in [-0.05, 0) is 36.6 Å². The molecule has 1 aromatic heterocycles. The lowest BCUT2D eigenvalue weighted by atomic mass is 10.2. The molecule has 86 valence electrons. The number of rotatable bonds is 2. The Hall–Kier alpha value is -0.840. The maximum Gasteiger partial charge on any atom is 0.147 e. The Morgan fingerprint density at radius 3 is 3.06 bits per heavy atom. The fourth-order valence-electron chi connectivity index (χ4n) is 1.96. The first-order valence-corrected chi connectivity index (χ1v) is 6.02. The van der Waals surface area contributed by atoms with Crippen LogP contribution >= 0.6 is 23.9 Å². The molecular weight excluding hydrogens is 242 g/mol. The van der Waals surface area contributed by atoms with Crippen LogP contribution in [-0.2, 0) is 0 Å². The number of anilines is 1. The van der Waals surface area contributed by atoms with Gasteiger partial charge in [0.25, 0.3) is 0 Å². The van der Waals surface area contributed by atoms with Crippen LogP contribution in [0.15, 0.2) is 24.3 Å². The van der Waals surface area contributed by atoms with Crippen LogP contribution in [0.25, 0.3) is 10.1 Å². The van der Waals surface area contributed by atoms with Crippen molar-refractivity contribution in [3.8, 4) is 0 Å². The zero-order valence-corrected chi connectivity index (χ0v) is 10.4. The first kappa shape index (κ1) is 11.6. The lowest BCUT2D eigenvalue weighted by Crippen LogP contribution is -2.22. The van der Waals surface area contributed by atoms with Crippen molar-refractivity contribution < 1.29 is 0 Å². The second-order valence-electron chi connectivity index (χ2n) is 3.86. The van der Waals surface area contributed by atoms with E-state index in [4.69, 9.17) is 0 Å². The van der Waals surface area contributed by atoms with E-state index in [1.54, 1.807) is 11.5 Å². The Labute approximate surface area is 105 Å². The molecule has 0 spiro atoms. The first-order chi connectivity index (χ1) is 7.43. The minimum Gasteiger partial charge on any atom is -0.365 e. The molecule has 2 heterocycles. The average Bonchev–Trinajstić information content (AvgIpc) is 2.89. The number of benzene rings is 1. The normalized spacial score (nSPS) is 19.6. The highest BCUT2D eigenvalue weighted by atomic mass is 35.5. The number of fused-ring (bicyclic) bond motifs is 1. The molecule has 0 bridgehead atoms. The van der Waals surface area contributed by atoms with Gasteiger partial charge in [0, 0.05) is 18.0 Å². The van der Waals surface area contributed by atoms with Crippen molar-refractivity contribution in [1.82, 2.24) is 9.69 Å². The fraction of sp³-hybridized carbons (Fsp3) is 0.364. The summed E-state index contributed by atoms with van der Waals surface area (Å²) in [7, 11) is 0. The third-order valence-corrected chi connectivity index (χ3v) is 3.61. The highest BCUT2D eigenvalue weighted by Gasteiger charge is 2.16.